The minimum atomic E-state index is -0.604. The third-order valence-electron chi connectivity index (χ3n) is 2.93. The molecule has 0 aromatic heterocycles. The number of ether oxygens (including phenoxy) is 2. The van der Waals surface area contributed by atoms with Gasteiger partial charge in [-0.1, -0.05) is 22.0 Å². The predicted molar refractivity (Wildman–Crippen MR) is 81.3 cm³/mol. The summed E-state index contributed by atoms with van der Waals surface area (Å²) in [6.45, 7) is 0. The van der Waals surface area contributed by atoms with Crippen molar-refractivity contribution in [3.8, 4) is 11.5 Å². The van der Waals surface area contributed by atoms with E-state index in [0.29, 0.717) is 17.1 Å². The largest absolute Gasteiger partial charge is 0.493 e. The standard InChI is InChI=1S/C15H13BrClFO2/c1-19-13-6-3-9(7-14(13)20-2)15(17)11-8-10(16)4-5-12(11)18/h3-8,15H,1-2H3. The van der Waals surface area contributed by atoms with Gasteiger partial charge in [0.25, 0.3) is 0 Å². The lowest BCUT2D eigenvalue weighted by Gasteiger charge is -2.14. The van der Waals surface area contributed by atoms with Gasteiger partial charge < -0.3 is 9.47 Å². The van der Waals surface area contributed by atoms with Crippen LogP contribution in [0.2, 0.25) is 0 Å². The van der Waals surface area contributed by atoms with Crippen LogP contribution in [0.3, 0.4) is 0 Å². The Balaban J connectivity index is 2.42. The fourth-order valence-electron chi connectivity index (χ4n) is 1.90. The smallest absolute Gasteiger partial charge is 0.161 e. The molecule has 0 saturated carbocycles. The van der Waals surface area contributed by atoms with Crippen molar-refractivity contribution in [1.82, 2.24) is 0 Å². The van der Waals surface area contributed by atoms with E-state index in [2.05, 4.69) is 15.9 Å². The molecule has 2 aromatic carbocycles. The van der Waals surface area contributed by atoms with Crippen molar-refractivity contribution >= 4 is 27.5 Å². The molecule has 0 spiro atoms. The van der Waals surface area contributed by atoms with Gasteiger partial charge in [0.05, 0.1) is 19.6 Å². The first-order valence-corrected chi connectivity index (χ1v) is 7.10. The number of hydrogen-bond donors (Lipinski definition) is 0. The quantitative estimate of drug-likeness (QED) is 0.720. The topological polar surface area (TPSA) is 18.5 Å². The van der Waals surface area contributed by atoms with Gasteiger partial charge in [-0.3, -0.25) is 0 Å². The monoisotopic (exact) mass is 358 g/mol. The summed E-state index contributed by atoms with van der Waals surface area (Å²) in [4.78, 5) is 0. The minimum absolute atomic E-state index is 0.344. The Morgan fingerprint density at radius 2 is 1.75 bits per heavy atom. The summed E-state index contributed by atoms with van der Waals surface area (Å²) >= 11 is 9.69. The summed E-state index contributed by atoms with van der Waals surface area (Å²) in [7, 11) is 3.11. The Hall–Kier alpha value is -1.26. The Bertz CT molecular complexity index is 619. The molecular formula is C15H13BrClFO2. The van der Waals surface area contributed by atoms with Crippen LogP contribution in [0, 0.1) is 5.82 Å². The summed E-state index contributed by atoms with van der Waals surface area (Å²) in [6, 6.07) is 9.98. The lowest BCUT2D eigenvalue weighted by molar-refractivity contribution is 0.354. The van der Waals surface area contributed by atoms with E-state index in [4.69, 9.17) is 21.1 Å². The molecule has 0 bridgehead atoms. The van der Waals surface area contributed by atoms with E-state index >= 15 is 0 Å². The van der Waals surface area contributed by atoms with Crippen LogP contribution in [-0.2, 0) is 0 Å². The molecule has 2 aromatic rings. The summed E-state index contributed by atoms with van der Waals surface area (Å²) in [5.41, 5.74) is 1.15. The molecule has 0 aliphatic carbocycles. The van der Waals surface area contributed by atoms with Gasteiger partial charge in [-0.15, -0.1) is 11.6 Å². The number of hydrogen-bond acceptors (Lipinski definition) is 2. The zero-order valence-corrected chi connectivity index (χ0v) is 13.3. The summed E-state index contributed by atoms with van der Waals surface area (Å²) in [6.07, 6.45) is 0. The Morgan fingerprint density at radius 1 is 1.05 bits per heavy atom. The van der Waals surface area contributed by atoms with Crippen molar-refractivity contribution < 1.29 is 13.9 Å². The Labute approximate surface area is 130 Å². The average molecular weight is 360 g/mol. The molecule has 5 heteroatoms. The first-order chi connectivity index (χ1) is 9.56. The van der Waals surface area contributed by atoms with Crippen LogP contribution in [-0.4, -0.2) is 14.2 Å². The van der Waals surface area contributed by atoms with Crippen molar-refractivity contribution in [2.75, 3.05) is 14.2 Å². The van der Waals surface area contributed by atoms with Crippen LogP contribution in [0.4, 0.5) is 4.39 Å². The molecule has 0 N–H and O–H groups in total. The van der Waals surface area contributed by atoms with Crippen molar-refractivity contribution in [3.63, 3.8) is 0 Å². The molecular weight excluding hydrogens is 347 g/mol. The van der Waals surface area contributed by atoms with Gasteiger partial charge >= 0.3 is 0 Å². The predicted octanol–water partition coefficient (Wildman–Crippen LogP) is 4.93. The molecule has 106 valence electrons. The van der Waals surface area contributed by atoms with Crippen LogP contribution in [0.25, 0.3) is 0 Å². The maximum Gasteiger partial charge on any atom is 0.161 e. The third-order valence-corrected chi connectivity index (χ3v) is 3.91. The number of benzene rings is 2. The highest BCUT2D eigenvalue weighted by Gasteiger charge is 2.17. The second-order valence-corrected chi connectivity index (χ2v) is 5.49. The molecule has 0 radical (unpaired) electrons. The highest BCUT2D eigenvalue weighted by atomic mass is 79.9. The molecule has 0 fully saturated rings. The van der Waals surface area contributed by atoms with Gasteiger partial charge in [0.2, 0.25) is 0 Å². The van der Waals surface area contributed by atoms with Gasteiger partial charge in [0.15, 0.2) is 11.5 Å². The second-order valence-electron chi connectivity index (χ2n) is 4.14. The molecule has 2 rings (SSSR count). The number of halogens is 3. The fourth-order valence-corrected chi connectivity index (χ4v) is 2.58. The molecule has 20 heavy (non-hydrogen) atoms. The first kappa shape index (κ1) is 15.1. The van der Waals surface area contributed by atoms with Crippen LogP contribution in [0.5, 0.6) is 11.5 Å². The van der Waals surface area contributed by atoms with E-state index in [1.165, 1.54) is 6.07 Å². The molecule has 1 unspecified atom stereocenters. The highest BCUT2D eigenvalue weighted by Crippen LogP contribution is 2.36. The number of rotatable bonds is 4. The van der Waals surface area contributed by atoms with Gasteiger partial charge in [0.1, 0.15) is 5.82 Å². The molecule has 0 saturated heterocycles. The highest BCUT2D eigenvalue weighted by molar-refractivity contribution is 9.10. The van der Waals surface area contributed by atoms with Gasteiger partial charge in [0, 0.05) is 10.0 Å². The van der Waals surface area contributed by atoms with Gasteiger partial charge in [-0.05, 0) is 35.9 Å². The maximum absolute atomic E-state index is 13.9. The minimum Gasteiger partial charge on any atom is -0.493 e. The van der Waals surface area contributed by atoms with Crippen molar-refractivity contribution in [3.05, 3.63) is 57.8 Å². The van der Waals surface area contributed by atoms with E-state index in [0.717, 1.165) is 10.0 Å². The zero-order valence-electron chi connectivity index (χ0n) is 11.0. The lowest BCUT2D eigenvalue weighted by Crippen LogP contribution is -1.99. The van der Waals surface area contributed by atoms with Crippen LogP contribution >= 0.6 is 27.5 Å². The van der Waals surface area contributed by atoms with E-state index in [9.17, 15) is 4.39 Å². The van der Waals surface area contributed by atoms with Gasteiger partial charge in [-0.25, -0.2) is 4.39 Å². The maximum atomic E-state index is 13.9. The summed E-state index contributed by atoms with van der Waals surface area (Å²) < 4.78 is 25.1. The van der Waals surface area contributed by atoms with Crippen molar-refractivity contribution in [2.24, 2.45) is 0 Å². The summed E-state index contributed by atoms with van der Waals surface area (Å²) in [5, 5.41) is -0.604. The van der Waals surface area contributed by atoms with E-state index in [-0.39, 0.29) is 5.82 Å². The van der Waals surface area contributed by atoms with Crippen molar-refractivity contribution in [1.29, 1.82) is 0 Å². The number of methoxy groups -OCH3 is 2. The van der Waals surface area contributed by atoms with E-state index < -0.39 is 5.38 Å². The van der Waals surface area contributed by atoms with E-state index in [1.807, 2.05) is 0 Å². The van der Waals surface area contributed by atoms with Crippen molar-refractivity contribution in [2.45, 2.75) is 5.38 Å². The van der Waals surface area contributed by atoms with Crippen LogP contribution < -0.4 is 9.47 Å². The first-order valence-electron chi connectivity index (χ1n) is 5.87. The normalized spacial score (nSPS) is 12.1. The Morgan fingerprint density at radius 3 is 2.40 bits per heavy atom. The average Bonchev–Trinajstić information content (AvgIpc) is 2.48. The van der Waals surface area contributed by atoms with E-state index in [1.54, 1.807) is 44.6 Å². The lowest BCUT2D eigenvalue weighted by atomic mass is 10.0. The van der Waals surface area contributed by atoms with Gasteiger partial charge in [-0.2, -0.15) is 0 Å². The second kappa shape index (κ2) is 6.46. The third kappa shape index (κ3) is 3.07. The fraction of sp³-hybridized carbons (Fsp3) is 0.200. The van der Waals surface area contributed by atoms with Crippen LogP contribution in [0.15, 0.2) is 40.9 Å². The zero-order chi connectivity index (χ0) is 14.7. The Kier molecular flexibility index (Phi) is 4.89. The molecule has 0 amide bonds. The summed E-state index contributed by atoms with van der Waals surface area (Å²) in [5.74, 6) is 0.823. The molecule has 2 nitrogen and oxygen atoms in total. The SMILES string of the molecule is COc1ccc(C(Cl)c2cc(Br)ccc2F)cc1OC. The number of alkyl halides is 1. The van der Waals surface area contributed by atoms with Crippen LogP contribution in [0.1, 0.15) is 16.5 Å². The molecule has 0 aliphatic rings. The molecule has 1 atom stereocenters. The molecule has 0 aliphatic heterocycles. The molecule has 0 heterocycles.